The predicted molar refractivity (Wildman–Crippen MR) is 150 cm³/mol. The number of carboxylic acids is 1. The third-order valence-electron chi connectivity index (χ3n) is 7.19. The Hall–Kier alpha value is -3.86. The monoisotopic (exact) mass is 571 g/mol. The topological polar surface area (TPSA) is 133 Å². The molecule has 1 atom stereocenters. The number of amidine groups is 1. The van der Waals surface area contributed by atoms with Crippen LogP contribution in [0.3, 0.4) is 0 Å². The number of nitrogens with zero attached hydrogens (tertiary/aromatic N) is 2. The molecule has 2 aliphatic heterocycles. The maximum Gasteiger partial charge on any atom is 0.317 e. The second kappa shape index (κ2) is 11.9. The standard InChI is InChI=1S/C30H38FN3O7/c1-6-39-23-12-18-13-34(29(32)25(18)26(31)28(23)40-7-2)15-21(35)17-10-20(30(3,4)5)27(38)22(11-17)41-19-8-9-33(14-19)16-24(36)37/h10-12,19,32,38H,6-9,13-16H2,1-5H3,(H,36,37). The first kappa shape index (κ1) is 30.1. The van der Waals surface area contributed by atoms with Crippen LogP contribution >= 0.6 is 0 Å². The van der Waals surface area contributed by atoms with Crippen molar-refractivity contribution >= 4 is 17.6 Å². The minimum Gasteiger partial charge on any atom is -0.504 e. The summed E-state index contributed by atoms with van der Waals surface area (Å²) in [6.45, 7) is 10.6. The van der Waals surface area contributed by atoms with E-state index in [0.717, 1.165) is 0 Å². The van der Waals surface area contributed by atoms with Crippen LogP contribution in [-0.2, 0) is 16.8 Å². The molecular formula is C30H38FN3O7. The van der Waals surface area contributed by atoms with Crippen LogP contribution < -0.4 is 14.2 Å². The number of fused-ring (bicyclic) bond motifs is 1. The summed E-state index contributed by atoms with van der Waals surface area (Å²) in [7, 11) is 0. The normalized spacial score (nSPS) is 17.1. The zero-order chi connectivity index (χ0) is 30.1. The van der Waals surface area contributed by atoms with Gasteiger partial charge in [-0.3, -0.25) is 19.9 Å². The fraction of sp³-hybridized carbons (Fsp3) is 0.500. The lowest BCUT2D eigenvalue weighted by atomic mass is 9.84. The van der Waals surface area contributed by atoms with Crippen molar-refractivity contribution in [1.82, 2.24) is 9.80 Å². The van der Waals surface area contributed by atoms with Crippen molar-refractivity contribution in [3.8, 4) is 23.0 Å². The highest BCUT2D eigenvalue weighted by molar-refractivity contribution is 6.06. The fourth-order valence-corrected chi connectivity index (χ4v) is 5.26. The van der Waals surface area contributed by atoms with Crippen molar-refractivity contribution in [3.05, 3.63) is 46.3 Å². The van der Waals surface area contributed by atoms with Gasteiger partial charge in [-0.2, -0.15) is 0 Å². The van der Waals surface area contributed by atoms with Crippen molar-refractivity contribution in [2.45, 2.75) is 59.1 Å². The summed E-state index contributed by atoms with van der Waals surface area (Å²) in [5.74, 6) is -1.76. The molecule has 2 heterocycles. The molecule has 41 heavy (non-hydrogen) atoms. The number of aliphatic carboxylic acids is 1. The minimum absolute atomic E-state index is 0.0463. The van der Waals surface area contributed by atoms with Gasteiger partial charge < -0.3 is 29.3 Å². The van der Waals surface area contributed by atoms with E-state index in [0.29, 0.717) is 37.2 Å². The number of nitrogens with one attached hydrogen (secondary N) is 1. The number of rotatable bonds is 11. The zero-order valence-electron chi connectivity index (χ0n) is 24.2. The van der Waals surface area contributed by atoms with Gasteiger partial charge in [0.05, 0.1) is 31.9 Å². The maximum atomic E-state index is 15.5. The number of likely N-dealkylation sites (tertiary alicyclic amines) is 1. The molecule has 11 heteroatoms. The van der Waals surface area contributed by atoms with E-state index in [1.54, 1.807) is 30.9 Å². The van der Waals surface area contributed by atoms with E-state index in [1.165, 1.54) is 11.0 Å². The maximum absolute atomic E-state index is 15.5. The summed E-state index contributed by atoms with van der Waals surface area (Å²) in [6, 6.07) is 4.77. The van der Waals surface area contributed by atoms with Gasteiger partial charge in [0.2, 0.25) is 0 Å². The second-order valence-electron chi connectivity index (χ2n) is 11.3. The molecule has 4 rings (SSSR count). The van der Waals surface area contributed by atoms with Crippen LogP contribution in [0.5, 0.6) is 23.0 Å². The van der Waals surface area contributed by atoms with E-state index < -0.39 is 17.2 Å². The van der Waals surface area contributed by atoms with Gasteiger partial charge in [0.1, 0.15) is 11.9 Å². The van der Waals surface area contributed by atoms with E-state index in [-0.39, 0.29) is 78.1 Å². The first-order valence-electron chi connectivity index (χ1n) is 13.8. The molecule has 10 nitrogen and oxygen atoms in total. The molecule has 0 aromatic heterocycles. The Balaban J connectivity index is 1.59. The van der Waals surface area contributed by atoms with Gasteiger partial charge in [0.15, 0.2) is 34.6 Å². The van der Waals surface area contributed by atoms with Crippen LogP contribution in [0.4, 0.5) is 4.39 Å². The van der Waals surface area contributed by atoms with E-state index in [2.05, 4.69) is 0 Å². The molecule has 222 valence electrons. The van der Waals surface area contributed by atoms with Crippen LogP contribution in [0.1, 0.15) is 68.1 Å². The molecule has 2 aliphatic rings. The first-order valence-corrected chi connectivity index (χ1v) is 13.8. The van der Waals surface area contributed by atoms with Gasteiger partial charge in [0, 0.05) is 30.8 Å². The Morgan fingerprint density at radius 1 is 1.10 bits per heavy atom. The average molecular weight is 572 g/mol. The molecule has 1 saturated heterocycles. The number of carbonyl (C=O) groups excluding carboxylic acids is 1. The number of hydrogen-bond donors (Lipinski definition) is 3. The highest BCUT2D eigenvalue weighted by atomic mass is 19.1. The summed E-state index contributed by atoms with van der Waals surface area (Å²) in [5, 5.41) is 28.8. The number of ether oxygens (including phenoxy) is 3. The predicted octanol–water partition coefficient (Wildman–Crippen LogP) is 4.19. The van der Waals surface area contributed by atoms with E-state index in [9.17, 15) is 14.7 Å². The molecular weight excluding hydrogens is 533 g/mol. The number of ketones is 1. The number of carboxylic acid groups (broad SMARTS) is 1. The molecule has 0 spiro atoms. The molecule has 0 aliphatic carbocycles. The number of phenols is 1. The van der Waals surface area contributed by atoms with Crippen LogP contribution in [0.15, 0.2) is 18.2 Å². The Morgan fingerprint density at radius 2 is 1.80 bits per heavy atom. The third kappa shape index (κ3) is 6.40. The van der Waals surface area contributed by atoms with Crippen LogP contribution in [0.2, 0.25) is 0 Å². The molecule has 1 unspecified atom stereocenters. The Morgan fingerprint density at radius 3 is 2.44 bits per heavy atom. The molecule has 0 saturated carbocycles. The van der Waals surface area contributed by atoms with Crippen molar-refractivity contribution in [2.24, 2.45) is 0 Å². The Bertz CT molecular complexity index is 1350. The number of aromatic hydroxyl groups is 1. The summed E-state index contributed by atoms with van der Waals surface area (Å²) < 4.78 is 32.6. The van der Waals surface area contributed by atoms with Gasteiger partial charge in [-0.25, -0.2) is 4.39 Å². The fourth-order valence-electron chi connectivity index (χ4n) is 5.26. The van der Waals surface area contributed by atoms with Crippen molar-refractivity contribution in [1.29, 1.82) is 5.41 Å². The lowest BCUT2D eigenvalue weighted by Crippen LogP contribution is -2.31. The Kier molecular flexibility index (Phi) is 8.77. The summed E-state index contributed by atoms with van der Waals surface area (Å²) in [5.41, 5.74) is 0.908. The van der Waals surface area contributed by atoms with Crippen molar-refractivity contribution in [3.63, 3.8) is 0 Å². The van der Waals surface area contributed by atoms with Crippen molar-refractivity contribution < 1.29 is 38.4 Å². The quantitative estimate of drug-likeness (QED) is 0.340. The lowest BCUT2D eigenvalue weighted by Gasteiger charge is -2.25. The lowest BCUT2D eigenvalue weighted by molar-refractivity contribution is -0.138. The van der Waals surface area contributed by atoms with Gasteiger partial charge in [-0.1, -0.05) is 20.8 Å². The van der Waals surface area contributed by atoms with Gasteiger partial charge in [-0.05, 0) is 49.4 Å². The van der Waals surface area contributed by atoms with Crippen LogP contribution in [0, 0.1) is 11.2 Å². The number of phenolic OH excluding ortho intramolecular Hbond substituents is 1. The summed E-state index contributed by atoms with van der Waals surface area (Å²) >= 11 is 0. The summed E-state index contributed by atoms with van der Waals surface area (Å²) in [6.07, 6.45) is 0.236. The number of hydrogen-bond acceptors (Lipinski definition) is 8. The van der Waals surface area contributed by atoms with Gasteiger partial charge >= 0.3 is 5.97 Å². The van der Waals surface area contributed by atoms with Crippen LogP contribution in [0.25, 0.3) is 0 Å². The first-order chi connectivity index (χ1) is 19.3. The molecule has 1 fully saturated rings. The van der Waals surface area contributed by atoms with E-state index >= 15 is 4.39 Å². The highest BCUT2D eigenvalue weighted by Gasteiger charge is 2.34. The second-order valence-corrected chi connectivity index (χ2v) is 11.3. The SMILES string of the molecule is CCOc1cc2c(c(F)c1OCC)C(=N)N(CC(=O)c1cc(OC3CCN(CC(=O)O)C3)c(O)c(C(C)(C)C)c1)C2. The molecule has 0 bridgehead atoms. The van der Waals surface area contributed by atoms with E-state index in [1.807, 2.05) is 20.8 Å². The minimum atomic E-state index is -0.922. The average Bonchev–Trinajstić information content (AvgIpc) is 3.44. The number of carbonyl (C=O) groups is 2. The molecule has 2 aromatic rings. The van der Waals surface area contributed by atoms with Gasteiger partial charge in [-0.15, -0.1) is 0 Å². The highest BCUT2D eigenvalue weighted by Crippen LogP contribution is 2.41. The number of halogens is 1. The molecule has 2 aromatic carbocycles. The van der Waals surface area contributed by atoms with E-state index in [4.69, 9.17) is 24.7 Å². The third-order valence-corrected chi connectivity index (χ3v) is 7.19. The zero-order valence-corrected chi connectivity index (χ0v) is 24.2. The number of benzene rings is 2. The van der Waals surface area contributed by atoms with Crippen LogP contribution in [-0.4, -0.2) is 83.1 Å². The molecule has 0 amide bonds. The number of Topliss-reactive ketones (excluding diaryl/α,β-unsaturated/α-hetero) is 1. The van der Waals surface area contributed by atoms with Crippen molar-refractivity contribution in [2.75, 3.05) is 39.4 Å². The van der Waals surface area contributed by atoms with Gasteiger partial charge in [0.25, 0.3) is 0 Å². The summed E-state index contributed by atoms with van der Waals surface area (Å²) in [4.78, 5) is 27.9. The smallest absolute Gasteiger partial charge is 0.317 e. The largest absolute Gasteiger partial charge is 0.504 e. The molecule has 0 radical (unpaired) electrons. The molecule has 3 N–H and O–H groups in total. The Labute approximate surface area is 239 Å².